The lowest BCUT2D eigenvalue weighted by Crippen LogP contribution is -2.38. The van der Waals surface area contributed by atoms with Gasteiger partial charge in [0.1, 0.15) is 0 Å². The molecule has 0 unspecified atom stereocenters. The fourth-order valence-electron chi connectivity index (χ4n) is 1.13. The Balaban J connectivity index is 2.50. The molecular weight excluding hydrogens is 244 g/mol. The number of likely N-dealkylation sites (N-methyl/N-ethyl adjacent to an activating group) is 2. The quantitative estimate of drug-likeness (QED) is 0.810. The third-order valence-corrected chi connectivity index (χ3v) is 2.58. The van der Waals surface area contributed by atoms with Crippen molar-refractivity contribution in [3.8, 4) is 0 Å². The van der Waals surface area contributed by atoms with Crippen molar-refractivity contribution < 1.29 is 9.59 Å². The average molecular weight is 259 g/mol. The molecule has 0 aliphatic rings. The monoisotopic (exact) mass is 258 g/mol. The molecule has 0 spiro atoms. The predicted octanol–water partition coefficient (Wildman–Crippen LogP) is 0.915. The summed E-state index contributed by atoms with van der Waals surface area (Å²) in [6.07, 6.45) is 2.84. The summed E-state index contributed by atoms with van der Waals surface area (Å²) < 4.78 is 1.16. The van der Waals surface area contributed by atoms with Crippen molar-refractivity contribution in [2.75, 3.05) is 27.2 Å². The summed E-state index contributed by atoms with van der Waals surface area (Å²) in [7, 11) is 3.33. The minimum atomic E-state index is -0.283. The number of hydrogen-bond acceptors (Lipinski definition) is 3. The van der Waals surface area contributed by atoms with E-state index in [9.17, 15) is 9.59 Å². The van der Waals surface area contributed by atoms with Gasteiger partial charge >= 0.3 is 6.03 Å². The third-order valence-electron chi connectivity index (χ3n) is 2.38. The normalized spacial score (nSPS) is 10.1. The molecule has 1 aromatic heterocycles. The number of carbonyl (C=O) groups is 2. The molecule has 0 fully saturated rings. The first-order valence-electron chi connectivity index (χ1n) is 5.09. The van der Waals surface area contributed by atoms with Crippen molar-refractivity contribution in [1.82, 2.24) is 19.6 Å². The predicted molar refractivity (Wildman–Crippen MR) is 64.0 cm³/mol. The first-order chi connectivity index (χ1) is 7.91. The first kappa shape index (κ1) is 13.5. The summed E-state index contributed by atoms with van der Waals surface area (Å²) in [5.74, 6) is -0.0343. The Morgan fingerprint density at radius 3 is 2.41 bits per heavy atom. The Kier molecular flexibility index (Phi) is 4.51. The number of amides is 2. The van der Waals surface area contributed by atoms with E-state index >= 15 is 0 Å². The number of aromatic nitrogens is 2. The molecule has 0 bridgehead atoms. The second kappa shape index (κ2) is 5.67. The highest BCUT2D eigenvalue weighted by Crippen LogP contribution is 2.05. The molecule has 17 heavy (non-hydrogen) atoms. The summed E-state index contributed by atoms with van der Waals surface area (Å²) in [6, 6.07) is -0.283. The van der Waals surface area contributed by atoms with Crippen molar-refractivity contribution in [2.45, 2.75) is 6.92 Å². The molecule has 0 saturated heterocycles. The molecule has 0 radical (unpaired) electrons. The molecule has 0 aliphatic heterocycles. The molecule has 1 rings (SSSR count). The van der Waals surface area contributed by atoms with Gasteiger partial charge in [-0.2, -0.15) is 9.78 Å². The molecule has 0 saturated carbocycles. The van der Waals surface area contributed by atoms with Crippen LogP contribution < -0.4 is 0 Å². The Hall–Kier alpha value is -1.56. The molecule has 94 valence electrons. The van der Waals surface area contributed by atoms with Gasteiger partial charge in [-0.25, -0.2) is 4.79 Å². The van der Waals surface area contributed by atoms with Gasteiger partial charge < -0.3 is 9.80 Å². The average Bonchev–Trinajstić information content (AvgIpc) is 2.70. The topological polar surface area (TPSA) is 58.4 Å². The van der Waals surface area contributed by atoms with Crippen LogP contribution in [0.25, 0.3) is 0 Å². The molecule has 0 aromatic carbocycles. The molecule has 7 heteroatoms. The SMILES string of the molecule is CC(=O)N(C)CCN(C)C(=O)n1cc(Cl)cn1. The van der Waals surface area contributed by atoms with Gasteiger partial charge in [-0.15, -0.1) is 0 Å². The summed E-state index contributed by atoms with van der Waals surface area (Å²) in [4.78, 5) is 25.8. The van der Waals surface area contributed by atoms with Crippen molar-refractivity contribution in [2.24, 2.45) is 0 Å². The van der Waals surface area contributed by atoms with E-state index in [0.717, 1.165) is 4.68 Å². The highest BCUT2D eigenvalue weighted by Gasteiger charge is 2.13. The van der Waals surface area contributed by atoms with Crippen molar-refractivity contribution in [3.63, 3.8) is 0 Å². The van der Waals surface area contributed by atoms with Crippen molar-refractivity contribution in [1.29, 1.82) is 0 Å². The van der Waals surface area contributed by atoms with Crippen LogP contribution in [0.5, 0.6) is 0 Å². The largest absolute Gasteiger partial charge is 0.344 e. The van der Waals surface area contributed by atoms with Gasteiger partial charge in [0.05, 0.1) is 17.4 Å². The smallest absolute Gasteiger partial charge is 0.344 e. The zero-order valence-corrected chi connectivity index (χ0v) is 10.8. The minimum Gasteiger partial charge on any atom is -0.344 e. The van der Waals surface area contributed by atoms with Gasteiger partial charge in [0.15, 0.2) is 0 Å². The highest BCUT2D eigenvalue weighted by atomic mass is 35.5. The molecule has 6 nitrogen and oxygen atoms in total. The molecule has 1 aromatic rings. The maximum atomic E-state index is 11.8. The number of nitrogens with zero attached hydrogens (tertiary/aromatic N) is 4. The molecule has 2 amide bonds. The van der Waals surface area contributed by atoms with Crippen LogP contribution in [0, 0.1) is 0 Å². The minimum absolute atomic E-state index is 0.0343. The van der Waals surface area contributed by atoms with Crippen LogP contribution in [0.3, 0.4) is 0 Å². The Labute approximate surface area is 105 Å². The van der Waals surface area contributed by atoms with Crippen LogP contribution in [0.4, 0.5) is 4.79 Å². The molecule has 0 atom stereocenters. The first-order valence-corrected chi connectivity index (χ1v) is 5.47. The molecule has 1 heterocycles. The van der Waals surface area contributed by atoms with E-state index in [1.54, 1.807) is 19.0 Å². The molecule has 0 aliphatic carbocycles. The fraction of sp³-hybridized carbons (Fsp3) is 0.500. The van der Waals surface area contributed by atoms with E-state index in [2.05, 4.69) is 5.10 Å². The Morgan fingerprint density at radius 1 is 1.35 bits per heavy atom. The number of carbonyl (C=O) groups excluding carboxylic acids is 2. The fourth-order valence-corrected chi connectivity index (χ4v) is 1.27. The summed E-state index contributed by atoms with van der Waals surface area (Å²) in [5, 5.41) is 4.22. The van der Waals surface area contributed by atoms with Crippen LogP contribution in [0.2, 0.25) is 5.02 Å². The van der Waals surface area contributed by atoms with Gasteiger partial charge in [-0.3, -0.25) is 4.79 Å². The van der Waals surface area contributed by atoms with Crippen molar-refractivity contribution >= 4 is 23.5 Å². The van der Waals surface area contributed by atoms with E-state index in [0.29, 0.717) is 18.1 Å². The zero-order chi connectivity index (χ0) is 13.0. The second-order valence-corrected chi connectivity index (χ2v) is 4.18. The number of hydrogen-bond donors (Lipinski definition) is 0. The summed E-state index contributed by atoms with van der Waals surface area (Å²) in [5.41, 5.74) is 0. The molecule has 0 N–H and O–H groups in total. The Morgan fingerprint density at radius 2 is 1.94 bits per heavy atom. The van der Waals surface area contributed by atoms with Gasteiger partial charge in [-0.05, 0) is 0 Å². The lowest BCUT2D eigenvalue weighted by Gasteiger charge is -2.21. The second-order valence-electron chi connectivity index (χ2n) is 3.75. The number of rotatable bonds is 3. The van der Waals surface area contributed by atoms with E-state index in [1.165, 1.54) is 24.2 Å². The number of halogens is 1. The lowest BCUT2D eigenvalue weighted by molar-refractivity contribution is -0.127. The van der Waals surface area contributed by atoms with Gasteiger partial charge in [-0.1, -0.05) is 11.6 Å². The summed E-state index contributed by atoms with van der Waals surface area (Å²) >= 11 is 5.67. The summed E-state index contributed by atoms with van der Waals surface area (Å²) in [6.45, 7) is 2.40. The third kappa shape index (κ3) is 3.74. The van der Waals surface area contributed by atoms with Gasteiger partial charge in [0.2, 0.25) is 5.91 Å². The van der Waals surface area contributed by atoms with Crippen LogP contribution in [0.15, 0.2) is 12.4 Å². The van der Waals surface area contributed by atoms with Crippen molar-refractivity contribution in [3.05, 3.63) is 17.4 Å². The van der Waals surface area contributed by atoms with Crippen LogP contribution in [-0.4, -0.2) is 58.7 Å². The maximum Gasteiger partial charge on any atom is 0.344 e. The lowest BCUT2D eigenvalue weighted by atomic mass is 10.5. The van der Waals surface area contributed by atoms with Crippen LogP contribution in [-0.2, 0) is 4.79 Å². The zero-order valence-electron chi connectivity index (χ0n) is 10.1. The van der Waals surface area contributed by atoms with Gasteiger partial charge in [0.25, 0.3) is 0 Å². The van der Waals surface area contributed by atoms with E-state index < -0.39 is 0 Å². The highest BCUT2D eigenvalue weighted by molar-refractivity contribution is 6.30. The van der Waals surface area contributed by atoms with E-state index in [1.807, 2.05) is 0 Å². The van der Waals surface area contributed by atoms with Crippen LogP contribution >= 0.6 is 11.6 Å². The van der Waals surface area contributed by atoms with E-state index in [-0.39, 0.29) is 11.9 Å². The Bertz CT molecular complexity index is 418. The standard InChI is InChI=1S/C10H15ClN4O2/c1-8(16)13(2)4-5-14(3)10(17)15-7-9(11)6-12-15/h6-7H,4-5H2,1-3H3. The van der Waals surface area contributed by atoms with Crippen LogP contribution in [0.1, 0.15) is 6.92 Å². The maximum absolute atomic E-state index is 11.8. The molecular formula is C10H15ClN4O2. The van der Waals surface area contributed by atoms with E-state index in [4.69, 9.17) is 11.6 Å². The van der Waals surface area contributed by atoms with Gasteiger partial charge in [0, 0.05) is 34.1 Å².